The molecule has 0 fully saturated rings. The van der Waals surface area contributed by atoms with Crippen molar-refractivity contribution in [1.29, 1.82) is 0 Å². The molecule has 1 atom stereocenters. The molecule has 0 bridgehead atoms. The number of hydrogen-bond acceptors (Lipinski definition) is 4. The fraction of sp³-hybridized carbons (Fsp3) is 0.200. The lowest BCUT2D eigenvalue weighted by molar-refractivity contribution is 0.0934. The van der Waals surface area contributed by atoms with Crippen LogP contribution in [0.5, 0.6) is 5.75 Å². The number of nitrogens with zero attached hydrogens (tertiary/aromatic N) is 1. The molecular weight excluding hydrogens is 272 g/mol. The summed E-state index contributed by atoms with van der Waals surface area (Å²) in [5.74, 6) is 0.776. The first-order valence-electron chi connectivity index (χ1n) is 6.40. The zero-order chi connectivity index (χ0) is 13.9. The van der Waals surface area contributed by atoms with Crippen LogP contribution in [0.3, 0.4) is 0 Å². The average molecular weight is 286 g/mol. The van der Waals surface area contributed by atoms with Crippen LogP contribution in [0.15, 0.2) is 47.6 Å². The molecule has 0 saturated carbocycles. The summed E-state index contributed by atoms with van der Waals surface area (Å²) in [5, 5.41) is 12.4. The molecule has 5 heteroatoms. The van der Waals surface area contributed by atoms with Crippen LogP contribution in [0.1, 0.15) is 28.4 Å². The highest BCUT2D eigenvalue weighted by molar-refractivity contribution is 7.99. The van der Waals surface area contributed by atoms with Gasteiger partial charge in [0.15, 0.2) is 0 Å². The number of hydrogen-bond donors (Lipinski definition) is 2. The zero-order valence-electron chi connectivity index (χ0n) is 10.7. The number of rotatable bonds is 2. The number of carbonyl (C=O) groups excluding carboxylic acids is 1. The standard InChI is InChI=1S/C15H14N2O2S/c18-11-7-10(8-16-9-11)15(19)17-13-5-6-20-14-4-2-1-3-12(13)14/h1-4,7-9,13,18H,5-6H2,(H,17,19). The Bertz CT molecular complexity index is 645. The summed E-state index contributed by atoms with van der Waals surface area (Å²) in [5.41, 5.74) is 1.53. The molecule has 0 aliphatic carbocycles. The van der Waals surface area contributed by atoms with Gasteiger partial charge in [0.25, 0.3) is 5.91 Å². The number of amides is 1. The van der Waals surface area contributed by atoms with Crippen LogP contribution < -0.4 is 5.32 Å². The number of nitrogens with one attached hydrogen (secondary N) is 1. The monoisotopic (exact) mass is 286 g/mol. The minimum atomic E-state index is -0.208. The lowest BCUT2D eigenvalue weighted by Gasteiger charge is -2.25. The van der Waals surface area contributed by atoms with Crippen LogP contribution in [0.2, 0.25) is 0 Å². The van der Waals surface area contributed by atoms with E-state index in [0.717, 1.165) is 17.7 Å². The van der Waals surface area contributed by atoms with Crippen LogP contribution >= 0.6 is 11.8 Å². The Labute approximate surface area is 121 Å². The third-order valence-corrected chi connectivity index (χ3v) is 4.37. The quantitative estimate of drug-likeness (QED) is 0.891. The van der Waals surface area contributed by atoms with Gasteiger partial charge in [0.05, 0.1) is 17.8 Å². The van der Waals surface area contributed by atoms with E-state index in [1.165, 1.54) is 23.4 Å². The van der Waals surface area contributed by atoms with Gasteiger partial charge in [0.2, 0.25) is 0 Å². The fourth-order valence-electron chi connectivity index (χ4n) is 2.29. The molecule has 1 aliphatic rings. The van der Waals surface area contributed by atoms with E-state index < -0.39 is 0 Å². The van der Waals surface area contributed by atoms with E-state index in [4.69, 9.17) is 0 Å². The van der Waals surface area contributed by atoms with Gasteiger partial charge < -0.3 is 10.4 Å². The first-order valence-corrected chi connectivity index (χ1v) is 7.39. The first-order chi connectivity index (χ1) is 9.74. The van der Waals surface area contributed by atoms with Crippen molar-refractivity contribution < 1.29 is 9.90 Å². The van der Waals surface area contributed by atoms with Crippen molar-refractivity contribution in [3.63, 3.8) is 0 Å². The number of aromatic hydroxyl groups is 1. The SMILES string of the molecule is O=C(NC1CCSc2ccccc21)c1cncc(O)c1. The number of fused-ring (bicyclic) bond motifs is 1. The lowest BCUT2D eigenvalue weighted by Crippen LogP contribution is -2.30. The van der Waals surface area contributed by atoms with Gasteiger partial charge in [-0.1, -0.05) is 18.2 Å². The summed E-state index contributed by atoms with van der Waals surface area (Å²) in [6, 6.07) is 9.56. The molecule has 2 heterocycles. The van der Waals surface area contributed by atoms with E-state index in [1.54, 1.807) is 0 Å². The molecule has 2 aromatic rings. The van der Waals surface area contributed by atoms with E-state index in [1.807, 2.05) is 30.0 Å². The first kappa shape index (κ1) is 13.0. The van der Waals surface area contributed by atoms with Gasteiger partial charge in [-0.3, -0.25) is 9.78 Å². The van der Waals surface area contributed by atoms with Gasteiger partial charge in [-0.05, 0) is 24.1 Å². The number of thioether (sulfide) groups is 1. The molecule has 1 aromatic carbocycles. The molecule has 1 amide bonds. The van der Waals surface area contributed by atoms with Gasteiger partial charge in [0, 0.05) is 16.8 Å². The highest BCUT2D eigenvalue weighted by Crippen LogP contribution is 2.35. The van der Waals surface area contributed by atoms with E-state index in [-0.39, 0.29) is 17.7 Å². The highest BCUT2D eigenvalue weighted by atomic mass is 32.2. The van der Waals surface area contributed by atoms with Gasteiger partial charge in [-0.2, -0.15) is 0 Å². The maximum Gasteiger partial charge on any atom is 0.253 e. The molecule has 1 aromatic heterocycles. The van der Waals surface area contributed by atoms with Crippen LogP contribution in [-0.4, -0.2) is 21.8 Å². The summed E-state index contributed by atoms with van der Waals surface area (Å²) in [7, 11) is 0. The van der Waals surface area contributed by atoms with E-state index in [9.17, 15) is 9.90 Å². The third kappa shape index (κ3) is 2.63. The van der Waals surface area contributed by atoms with Gasteiger partial charge in [0.1, 0.15) is 5.75 Å². The van der Waals surface area contributed by atoms with Crippen LogP contribution in [0, 0.1) is 0 Å². The molecule has 4 nitrogen and oxygen atoms in total. The molecular formula is C15H14N2O2S. The Hall–Kier alpha value is -2.01. The minimum absolute atomic E-state index is 0.00255. The fourth-order valence-corrected chi connectivity index (χ4v) is 3.41. The molecule has 20 heavy (non-hydrogen) atoms. The third-order valence-electron chi connectivity index (χ3n) is 3.25. The Morgan fingerprint density at radius 3 is 3.05 bits per heavy atom. The Morgan fingerprint density at radius 1 is 1.35 bits per heavy atom. The van der Waals surface area contributed by atoms with Crippen molar-refractivity contribution in [2.24, 2.45) is 0 Å². The molecule has 1 unspecified atom stereocenters. The molecule has 2 N–H and O–H groups in total. The van der Waals surface area contributed by atoms with Crippen LogP contribution in [-0.2, 0) is 0 Å². The van der Waals surface area contributed by atoms with Crippen molar-refractivity contribution in [2.45, 2.75) is 17.4 Å². The predicted molar refractivity (Wildman–Crippen MR) is 77.9 cm³/mol. The largest absolute Gasteiger partial charge is 0.506 e. The number of aromatic nitrogens is 1. The smallest absolute Gasteiger partial charge is 0.253 e. The summed E-state index contributed by atoms with van der Waals surface area (Å²) in [4.78, 5) is 17.3. The molecule has 102 valence electrons. The second-order valence-electron chi connectivity index (χ2n) is 4.63. The summed E-state index contributed by atoms with van der Waals surface area (Å²) >= 11 is 1.81. The summed E-state index contributed by atoms with van der Waals surface area (Å²) < 4.78 is 0. The molecule has 3 rings (SSSR count). The Morgan fingerprint density at radius 2 is 2.20 bits per heavy atom. The maximum atomic E-state index is 12.2. The molecule has 1 aliphatic heterocycles. The van der Waals surface area contributed by atoms with Crippen molar-refractivity contribution in [3.05, 3.63) is 53.9 Å². The summed E-state index contributed by atoms with van der Waals surface area (Å²) in [6.45, 7) is 0. The van der Waals surface area contributed by atoms with Crippen molar-refractivity contribution in [3.8, 4) is 5.75 Å². The van der Waals surface area contributed by atoms with Crippen LogP contribution in [0.25, 0.3) is 0 Å². The van der Waals surface area contributed by atoms with Crippen molar-refractivity contribution in [1.82, 2.24) is 10.3 Å². The zero-order valence-corrected chi connectivity index (χ0v) is 11.6. The van der Waals surface area contributed by atoms with E-state index >= 15 is 0 Å². The molecule has 0 saturated heterocycles. The maximum absolute atomic E-state index is 12.2. The second-order valence-corrected chi connectivity index (χ2v) is 5.77. The van der Waals surface area contributed by atoms with Gasteiger partial charge >= 0.3 is 0 Å². The normalized spacial score (nSPS) is 17.3. The average Bonchev–Trinajstić information content (AvgIpc) is 2.47. The molecule has 0 spiro atoms. The van der Waals surface area contributed by atoms with E-state index in [0.29, 0.717) is 5.56 Å². The predicted octanol–water partition coefficient (Wildman–Crippen LogP) is 2.75. The number of pyridine rings is 1. The minimum Gasteiger partial charge on any atom is -0.506 e. The number of carbonyl (C=O) groups is 1. The topological polar surface area (TPSA) is 62.2 Å². The van der Waals surface area contributed by atoms with Crippen molar-refractivity contribution in [2.75, 3.05) is 5.75 Å². The second kappa shape index (κ2) is 5.54. The highest BCUT2D eigenvalue weighted by Gasteiger charge is 2.22. The Kier molecular flexibility index (Phi) is 3.60. The summed E-state index contributed by atoms with van der Waals surface area (Å²) in [6.07, 6.45) is 3.67. The van der Waals surface area contributed by atoms with Gasteiger partial charge in [-0.15, -0.1) is 11.8 Å². The van der Waals surface area contributed by atoms with Crippen molar-refractivity contribution >= 4 is 17.7 Å². The number of benzene rings is 1. The van der Waals surface area contributed by atoms with E-state index in [2.05, 4.69) is 16.4 Å². The van der Waals surface area contributed by atoms with Crippen LogP contribution in [0.4, 0.5) is 0 Å². The Balaban J connectivity index is 1.81. The van der Waals surface area contributed by atoms with Gasteiger partial charge in [-0.25, -0.2) is 0 Å². The molecule has 0 radical (unpaired) electrons. The lowest BCUT2D eigenvalue weighted by atomic mass is 10.0.